The maximum Gasteiger partial charge on any atom is 0.226 e. The molecule has 102 valence electrons. The van der Waals surface area contributed by atoms with E-state index in [4.69, 9.17) is 15.0 Å². The second kappa shape index (κ2) is 6.29. The summed E-state index contributed by atoms with van der Waals surface area (Å²) in [7, 11) is 0. The molecule has 0 aliphatic rings. The highest BCUT2D eigenvalue weighted by atomic mass is 19.1. The molecule has 0 unspecified atom stereocenters. The van der Waals surface area contributed by atoms with Gasteiger partial charge >= 0.3 is 0 Å². The van der Waals surface area contributed by atoms with Crippen molar-refractivity contribution >= 4 is 0 Å². The van der Waals surface area contributed by atoms with Gasteiger partial charge in [0, 0.05) is 18.5 Å². The molecule has 5 nitrogen and oxygen atoms in total. The van der Waals surface area contributed by atoms with Crippen molar-refractivity contribution in [2.75, 3.05) is 0 Å². The molecule has 0 spiro atoms. The van der Waals surface area contributed by atoms with Gasteiger partial charge in [0.05, 0.1) is 0 Å². The second-order valence-corrected chi connectivity index (χ2v) is 4.08. The maximum absolute atomic E-state index is 13.6. The van der Waals surface area contributed by atoms with Crippen LogP contribution in [-0.2, 0) is 19.6 Å². The van der Waals surface area contributed by atoms with Gasteiger partial charge in [-0.2, -0.15) is 4.98 Å². The summed E-state index contributed by atoms with van der Waals surface area (Å²) >= 11 is 0. The zero-order valence-electron chi connectivity index (χ0n) is 10.7. The number of para-hydroxylation sites is 1. The van der Waals surface area contributed by atoms with Crippen LogP contribution in [0.25, 0.3) is 0 Å². The molecule has 1 aromatic heterocycles. The van der Waals surface area contributed by atoms with Crippen LogP contribution in [0.15, 0.2) is 22.7 Å². The molecule has 0 amide bonds. The largest absolute Gasteiger partial charge is 0.482 e. The van der Waals surface area contributed by atoms with E-state index in [1.165, 1.54) is 6.07 Å². The van der Waals surface area contributed by atoms with Gasteiger partial charge in [-0.15, -0.1) is 0 Å². The van der Waals surface area contributed by atoms with Gasteiger partial charge in [0.15, 0.2) is 18.2 Å². The van der Waals surface area contributed by atoms with E-state index >= 15 is 0 Å². The molecule has 0 radical (unpaired) electrons. The molecule has 0 fully saturated rings. The van der Waals surface area contributed by atoms with Crippen molar-refractivity contribution in [3.05, 3.63) is 41.3 Å². The quantitative estimate of drug-likeness (QED) is 0.866. The third-order valence-electron chi connectivity index (χ3n) is 2.59. The summed E-state index contributed by atoms with van der Waals surface area (Å²) in [5, 5.41) is 3.77. The number of nitrogens with two attached hydrogens (primary N) is 1. The van der Waals surface area contributed by atoms with E-state index in [-0.39, 0.29) is 18.9 Å². The Morgan fingerprint density at radius 2 is 2.26 bits per heavy atom. The highest BCUT2D eigenvalue weighted by Crippen LogP contribution is 2.23. The molecule has 0 aliphatic heterocycles. The Morgan fingerprint density at radius 3 is 3.00 bits per heavy atom. The Morgan fingerprint density at radius 1 is 1.42 bits per heavy atom. The van der Waals surface area contributed by atoms with Crippen LogP contribution in [0.3, 0.4) is 0 Å². The van der Waals surface area contributed by atoms with Gasteiger partial charge in [0.1, 0.15) is 0 Å². The SMILES string of the molecule is CCCc1nc(COc2c(F)cccc2CN)no1. The van der Waals surface area contributed by atoms with Crippen molar-refractivity contribution in [3.63, 3.8) is 0 Å². The lowest BCUT2D eigenvalue weighted by molar-refractivity contribution is 0.269. The normalized spacial score (nSPS) is 10.7. The Kier molecular flexibility index (Phi) is 4.46. The van der Waals surface area contributed by atoms with Gasteiger partial charge in [-0.25, -0.2) is 4.39 Å². The van der Waals surface area contributed by atoms with Crippen LogP contribution in [0.2, 0.25) is 0 Å². The van der Waals surface area contributed by atoms with Gasteiger partial charge in [0.25, 0.3) is 0 Å². The first-order valence-electron chi connectivity index (χ1n) is 6.16. The number of hydrogen-bond acceptors (Lipinski definition) is 5. The van der Waals surface area contributed by atoms with Crippen molar-refractivity contribution in [1.29, 1.82) is 0 Å². The standard InChI is InChI=1S/C13H16FN3O2/c1-2-4-12-16-11(17-19-12)8-18-13-9(7-15)5-3-6-10(13)14/h3,5-6H,2,4,7-8,15H2,1H3. The predicted molar refractivity (Wildman–Crippen MR) is 66.9 cm³/mol. The first kappa shape index (κ1) is 13.5. The number of ether oxygens (including phenoxy) is 1. The second-order valence-electron chi connectivity index (χ2n) is 4.08. The molecule has 0 saturated carbocycles. The van der Waals surface area contributed by atoms with Gasteiger partial charge in [-0.3, -0.25) is 0 Å². The minimum Gasteiger partial charge on any atom is -0.482 e. The highest BCUT2D eigenvalue weighted by Gasteiger charge is 2.11. The van der Waals surface area contributed by atoms with E-state index in [0.29, 0.717) is 17.3 Å². The van der Waals surface area contributed by atoms with Gasteiger partial charge in [-0.1, -0.05) is 24.2 Å². The van der Waals surface area contributed by atoms with Crippen LogP contribution in [0, 0.1) is 5.82 Å². The third-order valence-corrected chi connectivity index (χ3v) is 2.59. The molecule has 0 saturated heterocycles. The van der Waals surface area contributed by atoms with E-state index in [1.54, 1.807) is 12.1 Å². The lowest BCUT2D eigenvalue weighted by atomic mass is 10.2. The molecule has 0 aliphatic carbocycles. The zero-order valence-corrected chi connectivity index (χ0v) is 10.7. The summed E-state index contributed by atoms with van der Waals surface area (Å²) in [6.07, 6.45) is 1.65. The summed E-state index contributed by atoms with van der Waals surface area (Å²) in [4.78, 5) is 4.14. The Bertz CT molecular complexity index is 542. The molecule has 2 rings (SSSR count). The Hall–Kier alpha value is -1.95. The van der Waals surface area contributed by atoms with Crippen LogP contribution in [0.5, 0.6) is 5.75 Å². The average molecular weight is 265 g/mol. The lowest BCUT2D eigenvalue weighted by Crippen LogP contribution is -2.05. The van der Waals surface area contributed by atoms with Gasteiger partial charge in [0.2, 0.25) is 11.7 Å². The number of halogens is 1. The van der Waals surface area contributed by atoms with Crippen LogP contribution < -0.4 is 10.5 Å². The van der Waals surface area contributed by atoms with Crippen molar-refractivity contribution in [2.24, 2.45) is 5.73 Å². The zero-order chi connectivity index (χ0) is 13.7. The molecule has 6 heteroatoms. The summed E-state index contributed by atoms with van der Waals surface area (Å²) in [6.45, 7) is 2.29. The number of aromatic nitrogens is 2. The highest BCUT2D eigenvalue weighted by molar-refractivity contribution is 5.34. The van der Waals surface area contributed by atoms with Crippen LogP contribution >= 0.6 is 0 Å². The summed E-state index contributed by atoms with van der Waals surface area (Å²) < 4.78 is 24.0. The fraction of sp³-hybridized carbons (Fsp3) is 0.385. The summed E-state index contributed by atoms with van der Waals surface area (Å²) in [5.41, 5.74) is 6.14. The van der Waals surface area contributed by atoms with Crippen LogP contribution in [0.1, 0.15) is 30.6 Å². The molecule has 19 heavy (non-hydrogen) atoms. The molecular weight excluding hydrogens is 249 g/mol. The van der Waals surface area contributed by atoms with Crippen molar-refractivity contribution in [2.45, 2.75) is 32.9 Å². The molecular formula is C13H16FN3O2. The predicted octanol–water partition coefficient (Wildman–Crippen LogP) is 2.20. The molecule has 1 aromatic carbocycles. The summed E-state index contributed by atoms with van der Waals surface area (Å²) in [5.74, 6) is 0.662. The van der Waals surface area contributed by atoms with E-state index in [2.05, 4.69) is 10.1 Å². The lowest BCUT2D eigenvalue weighted by Gasteiger charge is -2.09. The molecule has 0 bridgehead atoms. The van der Waals surface area contributed by atoms with Crippen LogP contribution in [-0.4, -0.2) is 10.1 Å². The maximum atomic E-state index is 13.6. The number of benzene rings is 1. The first-order valence-corrected chi connectivity index (χ1v) is 6.16. The molecule has 0 atom stereocenters. The minimum absolute atomic E-state index is 0.0567. The van der Waals surface area contributed by atoms with Crippen molar-refractivity contribution < 1.29 is 13.7 Å². The fourth-order valence-electron chi connectivity index (χ4n) is 1.68. The molecule has 2 aromatic rings. The van der Waals surface area contributed by atoms with Crippen molar-refractivity contribution in [3.8, 4) is 5.75 Å². The monoisotopic (exact) mass is 265 g/mol. The van der Waals surface area contributed by atoms with E-state index in [1.807, 2.05) is 6.92 Å². The van der Waals surface area contributed by atoms with Gasteiger partial charge < -0.3 is 15.0 Å². The average Bonchev–Trinajstić information content (AvgIpc) is 2.85. The third kappa shape index (κ3) is 3.29. The van der Waals surface area contributed by atoms with Crippen LogP contribution in [0.4, 0.5) is 4.39 Å². The van der Waals surface area contributed by atoms with E-state index in [9.17, 15) is 4.39 Å². The van der Waals surface area contributed by atoms with E-state index < -0.39 is 5.82 Å². The summed E-state index contributed by atoms with van der Waals surface area (Å²) in [6, 6.07) is 4.64. The number of hydrogen-bond donors (Lipinski definition) is 1. The number of nitrogens with zero attached hydrogens (tertiary/aromatic N) is 2. The minimum atomic E-state index is -0.444. The Labute approximate surface area is 110 Å². The Balaban J connectivity index is 2.05. The number of aryl methyl sites for hydroxylation is 1. The smallest absolute Gasteiger partial charge is 0.226 e. The first-order chi connectivity index (χ1) is 9.24. The fourth-order valence-corrected chi connectivity index (χ4v) is 1.68. The van der Waals surface area contributed by atoms with Crippen molar-refractivity contribution in [1.82, 2.24) is 10.1 Å². The van der Waals surface area contributed by atoms with E-state index in [0.717, 1.165) is 12.8 Å². The molecule has 2 N–H and O–H groups in total. The number of rotatable bonds is 6. The topological polar surface area (TPSA) is 74.2 Å². The van der Waals surface area contributed by atoms with Gasteiger partial charge in [-0.05, 0) is 12.5 Å². The molecule has 1 heterocycles.